The molecule has 0 aliphatic carbocycles. The van der Waals surface area contributed by atoms with Crippen molar-refractivity contribution >= 4 is 17.7 Å². The van der Waals surface area contributed by atoms with Gasteiger partial charge in [-0.3, -0.25) is 14.4 Å². The van der Waals surface area contributed by atoms with Gasteiger partial charge < -0.3 is 25.4 Å². The van der Waals surface area contributed by atoms with Gasteiger partial charge in [-0.1, -0.05) is 60.7 Å². The fraction of sp³-hybridized carbons (Fsp3) is 0.464. The molecule has 0 aromatic heterocycles. The van der Waals surface area contributed by atoms with Crippen LogP contribution in [-0.4, -0.2) is 64.7 Å². The van der Waals surface area contributed by atoms with Gasteiger partial charge in [0.25, 0.3) is 0 Å². The molecule has 2 aromatic rings. The number of carbonyl (C=O) groups excluding carboxylic acids is 3. The van der Waals surface area contributed by atoms with Crippen molar-refractivity contribution in [3.8, 4) is 0 Å². The number of likely N-dealkylation sites (tertiary alicyclic amines) is 1. The Morgan fingerprint density at radius 1 is 1.06 bits per heavy atom. The van der Waals surface area contributed by atoms with Crippen LogP contribution in [0, 0.1) is 11.8 Å². The Balaban J connectivity index is 1.52. The van der Waals surface area contributed by atoms with Gasteiger partial charge in [-0.15, -0.1) is 0 Å². The van der Waals surface area contributed by atoms with E-state index in [9.17, 15) is 19.5 Å². The van der Waals surface area contributed by atoms with Gasteiger partial charge in [0.1, 0.15) is 11.6 Å². The van der Waals surface area contributed by atoms with E-state index in [1.165, 1.54) is 4.90 Å². The van der Waals surface area contributed by atoms with E-state index in [1.807, 2.05) is 67.6 Å². The molecule has 3 heterocycles. The lowest BCUT2D eigenvalue weighted by molar-refractivity contribution is -0.149. The maximum atomic E-state index is 14.1. The molecule has 3 aliphatic rings. The minimum absolute atomic E-state index is 0.258. The molecule has 5 rings (SSSR count). The molecular weight excluding hydrogens is 458 g/mol. The summed E-state index contributed by atoms with van der Waals surface area (Å²) < 4.78 is 6.57. The van der Waals surface area contributed by atoms with E-state index in [0.717, 1.165) is 11.1 Å². The summed E-state index contributed by atoms with van der Waals surface area (Å²) >= 11 is 0. The summed E-state index contributed by atoms with van der Waals surface area (Å²) in [5, 5.41) is 16.1. The Morgan fingerprint density at radius 2 is 1.69 bits per heavy atom. The predicted molar refractivity (Wildman–Crippen MR) is 132 cm³/mol. The molecule has 2 bridgehead atoms. The number of aliphatic hydroxyl groups excluding tert-OH is 1. The fourth-order valence-corrected chi connectivity index (χ4v) is 6.63. The zero-order chi connectivity index (χ0) is 25.5. The van der Waals surface area contributed by atoms with E-state index >= 15 is 0 Å². The van der Waals surface area contributed by atoms with Crippen molar-refractivity contribution in [3.63, 3.8) is 0 Å². The van der Waals surface area contributed by atoms with Gasteiger partial charge in [0.05, 0.1) is 30.1 Å². The predicted octanol–water partition coefficient (Wildman–Crippen LogP) is 1.42. The second-order valence-corrected chi connectivity index (χ2v) is 10.3. The molecule has 0 radical (unpaired) electrons. The first-order valence-corrected chi connectivity index (χ1v) is 12.5. The van der Waals surface area contributed by atoms with Crippen molar-refractivity contribution in [1.29, 1.82) is 0 Å². The number of nitrogens with one attached hydrogen (secondary N) is 2. The van der Waals surface area contributed by atoms with E-state index in [1.54, 1.807) is 7.05 Å². The van der Waals surface area contributed by atoms with Crippen LogP contribution < -0.4 is 10.6 Å². The molecule has 190 valence electrons. The Bertz CT molecular complexity index is 1140. The van der Waals surface area contributed by atoms with Crippen LogP contribution in [0.4, 0.5) is 0 Å². The van der Waals surface area contributed by atoms with Crippen LogP contribution in [0.25, 0.3) is 0 Å². The average Bonchev–Trinajstić information content (AvgIpc) is 3.47. The number of ether oxygens (including phenoxy) is 1. The molecular formula is C28H33N3O5. The first kappa shape index (κ1) is 24.5. The lowest BCUT2D eigenvalue weighted by Gasteiger charge is -2.37. The van der Waals surface area contributed by atoms with Crippen LogP contribution >= 0.6 is 0 Å². The molecule has 2 unspecified atom stereocenters. The maximum absolute atomic E-state index is 14.1. The molecule has 3 aliphatic heterocycles. The van der Waals surface area contributed by atoms with Crippen LogP contribution in [0.2, 0.25) is 0 Å². The van der Waals surface area contributed by atoms with Gasteiger partial charge in [-0.2, -0.15) is 0 Å². The van der Waals surface area contributed by atoms with Gasteiger partial charge in [0.2, 0.25) is 17.7 Å². The molecule has 3 amide bonds. The molecule has 1 spiro atoms. The second-order valence-electron chi connectivity index (χ2n) is 10.3. The Labute approximate surface area is 211 Å². The smallest absolute Gasteiger partial charge is 0.246 e. The molecule has 2 aromatic carbocycles. The number of benzene rings is 2. The Kier molecular flexibility index (Phi) is 6.34. The van der Waals surface area contributed by atoms with Gasteiger partial charge in [-0.25, -0.2) is 0 Å². The summed E-state index contributed by atoms with van der Waals surface area (Å²) in [6.07, 6.45) is 1.46. The van der Waals surface area contributed by atoms with Crippen LogP contribution in [0.3, 0.4) is 0 Å². The number of carbonyl (C=O) groups is 3. The number of nitrogens with zero attached hydrogens (tertiary/aromatic N) is 1. The quantitative estimate of drug-likeness (QED) is 0.518. The van der Waals surface area contributed by atoms with E-state index in [4.69, 9.17) is 4.74 Å². The highest BCUT2D eigenvalue weighted by molar-refractivity contribution is 5.99. The molecule has 3 saturated heterocycles. The minimum Gasteiger partial charge on any atom is -0.394 e. The number of fused-ring (bicyclic) bond motifs is 1. The minimum atomic E-state index is -1.12. The molecule has 8 heteroatoms. The number of hydrogen-bond acceptors (Lipinski definition) is 5. The summed E-state index contributed by atoms with van der Waals surface area (Å²) in [7, 11) is 1.55. The van der Waals surface area contributed by atoms with Crippen molar-refractivity contribution in [1.82, 2.24) is 15.5 Å². The normalized spacial score (nSPS) is 31.2. The first-order chi connectivity index (χ1) is 17.3. The number of amides is 3. The lowest BCUT2D eigenvalue weighted by Crippen LogP contribution is -2.58. The third-order valence-corrected chi connectivity index (χ3v) is 8.22. The summed E-state index contributed by atoms with van der Waals surface area (Å²) in [4.78, 5) is 42.5. The van der Waals surface area contributed by atoms with Crippen molar-refractivity contribution in [2.75, 3.05) is 13.7 Å². The van der Waals surface area contributed by atoms with Crippen molar-refractivity contribution in [2.45, 2.75) is 56.0 Å². The highest BCUT2D eigenvalue weighted by Crippen LogP contribution is 2.63. The SMILES string of the molecule is CNC(=O)[C@H]1[C@H]2C(=O)N([C@@H](CO)Cc3ccccc3)C(C(=O)NCc3ccccc3)C23CC[C@]1(C)O3. The monoisotopic (exact) mass is 491 g/mol. The third kappa shape index (κ3) is 3.79. The molecule has 8 nitrogen and oxygen atoms in total. The second kappa shape index (κ2) is 9.33. The average molecular weight is 492 g/mol. The van der Waals surface area contributed by atoms with Gasteiger partial charge in [0.15, 0.2) is 0 Å². The number of hydrogen-bond donors (Lipinski definition) is 3. The van der Waals surface area contributed by atoms with Crippen LogP contribution in [-0.2, 0) is 32.1 Å². The highest BCUT2D eigenvalue weighted by atomic mass is 16.5. The van der Waals surface area contributed by atoms with E-state index < -0.39 is 35.1 Å². The third-order valence-electron chi connectivity index (χ3n) is 8.22. The Morgan fingerprint density at radius 3 is 2.31 bits per heavy atom. The van der Waals surface area contributed by atoms with Crippen LogP contribution in [0.1, 0.15) is 30.9 Å². The van der Waals surface area contributed by atoms with Crippen molar-refractivity contribution < 1.29 is 24.2 Å². The molecule has 36 heavy (non-hydrogen) atoms. The van der Waals surface area contributed by atoms with Crippen molar-refractivity contribution in [2.24, 2.45) is 11.8 Å². The van der Waals surface area contributed by atoms with E-state index in [2.05, 4.69) is 10.6 Å². The molecule has 3 fully saturated rings. The summed E-state index contributed by atoms with van der Waals surface area (Å²) in [5.41, 5.74) is -0.0556. The highest BCUT2D eigenvalue weighted by Gasteiger charge is 2.78. The summed E-state index contributed by atoms with van der Waals surface area (Å²) in [6.45, 7) is 1.86. The van der Waals surface area contributed by atoms with Crippen LogP contribution in [0.5, 0.6) is 0 Å². The van der Waals surface area contributed by atoms with Crippen LogP contribution in [0.15, 0.2) is 60.7 Å². The largest absolute Gasteiger partial charge is 0.394 e. The topological polar surface area (TPSA) is 108 Å². The molecule has 0 saturated carbocycles. The standard InChI is InChI=1S/C28H33N3O5/c1-27-13-14-28(36-27)22(21(27)24(33)29-2)26(35)31(20(17-32)15-18-9-5-3-6-10-18)23(28)25(34)30-16-19-11-7-4-8-12-19/h3-12,20-23,32H,13-17H2,1-2H3,(H,29,33)(H,30,34)/t20-,21-,22+,23?,27+,28?/m1/s1. The van der Waals surface area contributed by atoms with Gasteiger partial charge in [-0.05, 0) is 37.3 Å². The molecule has 3 N–H and O–H groups in total. The van der Waals surface area contributed by atoms with E-state index in [0.29, 0.717) is 25.8 Å². The number of aliphatic hydroxyl groups is 1. The van der Waals surface area contributed by atoms with E-state index in [-0.39, 0.29) is 24.3 Å². The maximum Gasteiger partial charge on any atom is 0.246 e. The van der Waals surface area contributed by atoms with Crippen molar-refractivity contribution in [3.05, 3.63) is 71.8 Å². The first-order valence-electron chi connectivity index (χ1n) is 12.5. The molecule has 6 atom stereocenters. The summed E-state index contributed by atoms with van der Waals surface area (Å²) in [6, 6.07) is 17.6. The van der Waals surface area contributed by atoms with Gasteiger partial charge in [0, 0.05) is 13.6 Å². The zero-order valence-corrected chi connectivity index (χ0v) is 20.6. The zero-order valence-electron chi connectivity index (χ0n) is 20.6. The van der Waals surface area contributed by atoms with Gasteiger partial charge >= 0.3 is 0 Å². The number of rotatable bonds is 8. The summed E-state index contributed by atoms with van der Waals surface area (Å²) in [5.74, 6) is -2.38. The fourth-order valence-electron chi connectivity index (χ4n) is 6.63. The lowest BCUT2D eigenvalue weighted by atomic mass is 9.66. The Hall–Kier alpha value is -3.23.